The van der Waals surface area contributed by atoms with E-state index in [9.17, 15) is 0 Å². The molecule has 0 atom stereocenters. The third-order valence-corrected chi connectivity index (χ3v) is 2.89. The molecule has 4 nitrogen and oxygen atoms in total. The lowest BCUT2D eigenvalue weighted by Crippen LogP contribution is -2.13. The van der Waals surface area contributed by atoms with Gasteiger partial charge in [-0.05, 0) is 30.9 Å². The van der Waals surface area contributed by atoms with Crippen LogP contribution in [0.5, 0.6) is 0 Å². The van der Waals surface area contributed by atoms with E-state index >= 15 is 0 Å². The standard InChI is InChI=1S/C12H17N3OS/c13-12(17)10-3-4-11(15-7-10)14-5-6-16-8-9-1-2-9/h3-4,7,9H,1-2,5-6,8H2,(H2,13,17)(H,14,15). The van der Waals surface area contributed by atoms with Gasteiger partial charge in [0.15, 0.2) is 0 Å². The molecule has 2 rings (SSSR count). The Morgan fingerprint density at radius 3 is 2.94 bits per heavy atom. The lowest BCUT2D eigenvalue weighted by molar-refractivity contribution is 0.134. The highest BCUT2D eigenvalue weighted by atomic mass is 32.1. The SMILES string of the molecule is NC(=S)c1ccc(NCCOCC2CC2)nc1. The summed E-state index contributed by atoms with van der Waals surface area (Å²) >= 11 is 4.85. The van der Waals surface area contributed by atoms with E-state index in [4.69, 9.17) is 22.7 Å². The van der Waals surface area contributed by atoms with Gasteiger partial charge in [0.05, 0.1) is 6.61 Å². The van der Waals surface area contributed by atoms with E-state index in [1.807, 2.05) is 12.1 Å². The van der Waals surface area contributed by atoms with Crippen LogP contribution >= 0.6 is 12.2 Å². The fourth-order valence-electron chi connectivity index (χ4n) is 1.43. The molecule has 0 radical (unpaired) electrons. The Labute approximate surface area is 107 Å². The highest BCUT2D eigenvalue weighted by molar-refractivity contribution is 7.80. The first-order chi connectivity index (χ1) is 8.25. The van der Waals surface area contributed by atoms with Crippen LogP contribution in [-0.4, -0.2) is 29.7 Å². The molecule has 1 heterocycles. The number of anilines is 1. The van der Waals surface area contributed by atoms with Gasteiger partial charge < -0.3 is 15.8 Å². The first-order valence-corrected chi connectivity index (χ1v) is 6.24. The molecule has 5 heteroatoms. The van der Waals surface area contributed by atoms with Gasteiger partial charge in [-0.3, -0.25) is 0 Å². The number of hydrogen-bond acceptors (Lipinski definition) is 4. The molecule has 1 aliphatic carbocycles. The second kappa shape index (κ2) is 5.93. The first kappa shape index (κ1) is 12.3. The van der Waals surface area contributed by atoms with Crippen molar-refractivity contribution in [2.75, 3.05) is 25.1 Å². The van der Waals surface area contributed by atoms with Crippen molar-refractivity contribution in [1.82, 2.24) is 4.98 Å². The van der Waals surface area contributed by atoms with Crippen molar-refractivity contribution in [3.63, 3.8) is 0 Å². The number of aromatic nitrogens is 1. The number of nitrogens with two attached hydrogens (primary N) is 1. The summed E-state index contributed by atoms with van der Waals surface area (Å²) in [7, 11) is 0. The number of pyridine rings is 1. The molecule has 0 aliphatic heterocycles. The number of rotatable bonds is 7. The summed E-state index contributed by atoms with van der Waals surface area (Å²) in [5.74, 6) is 1.64. The summed E-state index contributed by atoms with van der Waals surface area (Å²) in [4.78, 5) is 4.58. The van der Waals surface area contributed by atoms with E-state index in [1.165, 1.54) is 12.8 Å². The second-order valence-electron chi connectivity index (χ2n) is 4.24. The van der Waals surface area contributed by atoms with Crippen LogP contribution in [-0.2, 0) is 4.74 Å². The predicted molar refractivity (Wildman–Crippen MR) is 72.2 cm³/mol. The quantitative estimate of drug-likeness (QED) is 0.569. The fourth-order valence-corrected chi connectivity index (χ4v) is 1.55. The molecule has 0 aromatic carbocycles. The Morgan fingerprint density at radius 1 is 1.53 bits per heavy atom. The summed E-state index contributed by atoms with van der Waals surface area (Å²) in [5.41, 5.74) is 6.28. The van der Waals surface area contributed by atoms with Crippen LogP contribution in [0.2, 0.25) is 0 Å². The fraction of sp³-hybridized carbons (Fsp3) is 0.500. The zero-order valence-corrected chi connectivity index (χ0v) is 10.5. The summed E-state index contributed by atoms with van der Waals surface area (Å²) in [6.07, 6.45) is 4.33. The monoisotopic (exact) mass is 251 g/mol. The molecule has 92 valence electrons. The van der Waals surface area contributed by atoms with Crippen LogP contribution in [0.3, 0.4) is 0 Å². The molecule has 1 aromatic rings. The van der Waals surface area contributed by atoms with Gasteiger partial charge in [-0.2, -0.15) is 0 Å². The molecule has 1 saturated carbocycles. The third-order valence-electron chi connectivity index (χ3n) is 2.65. The zero-order valence-electron chi connectivity index (χ0n) is 9.69. The molecule has 0 spiro atoms. The highest BCUT2D eigenvalue weighted by Crippen LogP contribution is 2.28. The van der Waals surface area contributed by atoms with E-state index in [0.29, 0.717) is 4.99 Å². The van der Waals surface area contributed by atoms with Crippen molar-refractivity contribution in [2.45, 2.75) is 12.8 Å². The van der Waals surface area contributed by atoms with E-state index in [0.717, 1.165) is 37.1 Å². The van der Waals surface area contributed by atoms with Gasteiger partial charge in [-0.15, -0.1) is 0 Å². The van der Waals surface area contributed by atoms with Crippen LogP contribution in [0.15, 0.2) is 18.3 Å². The highest BCUT2D eigenvalue weighted by Gasteiger charge is 2.20. The van der Waals surface area contributed by atoms with E-state index in [2.05, 4.69) is 10.3 Å². The van der Waals surface area contributed by atoms with E-state index < -0.39 is 0 Å². The average molecular weight is 251 g/mol. The molecule has 0 bridgehead atoms. The summed E-state index contributed by atoms with van der Waals surface area (Å²) < 4.78 is 5.51. The number of hydrogen-bond donors (Lipinski definition) is 2. The molecule has 1 fully saturated rings. The minimum Gasteiger partial charge on any atom is -0.389 e. The van der Waals surface area contributed by atoms with E-state index in [1.54, 1.807) is 6.20 Å². The minimum atomic E-state index is 0.372. The maximum atomic E-state index is 5.51. The Kier molecular flexibility index (Phi) is 4.28. The van der Waals surface area contributed by atoms with Crippen molar-refractivity contribution in [3.05, 3.63) is 23.9 Å². The van der Waals surface area contributed by atoms with Crippen molar-refractivity contribution in [2.24, 2.45) is 11.7 Å². The van der Waals surface area contributed by atoms with E-state index in [-0.39, 0.29) is 0 Å². The van der Waals surface area contributed by atoms with Crippen molar-refractivity contribution < 1.29 is 4.74 Å². The maximum Gasteiger partial charge on any atom is 0.125 e. The van der Waals surface area contributed by atoms with Crippen molar-refractivity contribution >= 4 is 23.0 Å². The van der Waals surface area contributed by atoms with Gasteiger partial charge in [-0.25, -0.2) is 4.98 Å². The van der Waals surface area contributed by atoms with Gasteiger partial charge in [0.2, 0.25) is 0 Å². The summed E-state index contributed by atoms with van der Waals surface area (Å²) in [6, 6.07) is 3.73. The molecule has 0 saturated heterocycles. The van der Waals surface area contributed by atoms with Crippen LogP contribution in [0.4, 0.5) is 5.82 Å². The van der Waals surface area contributed by atoms with Crippen LogP contribution in [0.25, 0.3) is 0 Å². The first-order valence-electron chi connectivity index (χ1n) is 5.83. The lowest BCUT2D eigenvalue weighted by Gasteiger charge is -2.06. The largest absolute Gasteiger partial charge is 0.389 e. The van der Waals surface area contributed by atoms with Crippen molar-refractivity contribution in [3.8, 4) is 0 Å². The molecule has 1 aliphatic rings. The lowest BCUT2D eigenvalue weighted by atomic mass is 10.3. The van der Waals surface area contributed by atoms with Gasteiger partial charge >= 0.3 is 0 Å². The van der Waals surface area contributed by atoms with Gasteiger partial charge in [0.1, 0.15) is 10.8 Å². The van der Waals surface area contributed by atoms with Gasteiger partial charge in [0, 0.05) is 24.9 Å². The molecular weight excluding hydrogens is 234 g/mol. The maximum absolute atomic E-state index is 5.51. The smallest absolute Gasteiger partial charge is 0.125 e. The Hall–Kier alpha value is -1.20. The Balaban J connectivity index is 1.65. The second-order valence-corrected chi connectivity index (χ2v) is 4.68. The molecule has 1 aromatic heterocycles. The Bertz CT molecular complexity index is 376. The van der Waals surface area contributed by atoms with Crippen LogP contribution < -0.4 is 11.1 Å². The molecular formula is C12H17N3OS. The number of nitrogens with zero attached hydrogens (tertiary/aromatic N) is 1. The molecule has 17 heavy (non-hydrogen) atoms. The number of nitrogens with one attached hydrogen (secondary N) is 1. The molecule has 0 unspecified atom stereocenters. The minimum absolute atomic E-state index is 0.372. The normalized spacial score (nSPS) is 14.6. The molecule has 3 N–H and O–H groups in total. The molecule has 0 amide bonds. The van der Waals surface area contributed by atoms with Gasteiger partial charge in [0.25, 0.3) is 0 Å². The average Bonchev–Trinajstić information content (AvgIpc) is 3.13. The van der Waals surface area contributed by atoms with Crippen molar-refractivity contribution in [1.29, 1.82) is 0 Å². The number of thiocarbonyl (C=S) groups is 1. The third kappa shape index (κ3) is 4.28. The van der Waals surface area contributed by atoms with Gasteiger partial charge in [-0.1, -0.05) is 12.2 Å². The summed E-state index contributed by atoms with van der Waals surface area (Å²) in [6.45, 7) is 2.39. The predicted octanol–water partition coefficient (Wildman–Crippen LogP) is 1.55. The van der Waals surface area contributed by atoms with Crippen LogP contribution in [0, 0.1) is 5.92 Å². The topological polar surface area (TPSA) is 60.2 Å². The Morgan fingerprint density at radius 2 is 2.35 bits per heavy atom. The summed E-state index contributed by atoms with van der Waals surface area (Å²) in [5, 5.41) is 3.18. The number of ether oxygens (including phenoxy) is 1. The zero-order chi connectivity index (χ0) is 12.1. The van der Waals surface area contributed by atoms with Crippen LogP contribution in [0.1, 0.15) is 18.4 Å².